The second kappa shape index (κ2) is 5.67. The van der Waals surface area contributed by atoms with Gasteiger partial charge in [0.25, 0.3) is 0 Å². The number of hydrogen-bond acceptors (Lipinski definition) is 2. The molecule has 2 unspecified atom stereocenters. The van der Waals surface area contributed by atoms with Gasteiger partial charge in [0, 0.05) is 12.2 Å². The second-order valence-electron chi connectivity index (χ2n) is 5.26. The monoisotopic (exact) mass is 236 g/mol. The highest BCUT2D eigenvalue weighted by atomic mass is 16.3. The van der Waals surface area contributed by atoms with Crippen molar-refractivity contribution in [2.24, 2.45) is 5.92 Å². The fraction of sp³-hybridized carbons (Fsp3) is 0.786. The van der Waals surface area contributed by atoms with E-state index in [1.807, 2.05) is 6.92 Å². The first-order valence-corrected chi connectivity index (χ1v) is 6.92. The van der Waals surface area contributed by atoms with Crippen LogP contribution in [0.1, 0.15) is 50.4 Å². The fourth-order valence-corrected chi connectivity index (χ4v) is 2.91. The minimum absolute atomic E-state index is 0.113. The van der Waals surface area contributed by atoms with E-state index in [-0.39, 0.29) is 6.10 Å². The standard InChI is InChI=1S/C14H24N2O/c1-3-16-13(9-11(2)15-16)10-12-7-5-4-6-8-14(12)17/h9,12,14,17H,3-8,10H2,1-2H3. The zero-order valence-electron chi connectivity index (χ0n) is 11.0. The van der Waals surface area contributed by atoms with Crippen LogP contribution in [0, 0.1) is 12.8 Å². The summed E-state index contributed by atoms with van der Waals surface area (Å²) in [5.74, 6) is 0.430. The summed E-state index contributed by atoms with van der Waals surface area (Å²) in [6.45, 7) is 5.09. The van der Waals surface area contributed by atoms with Crippen molar-refractivity contribution in [2.75, 3.05) is 0 Å². The minimum atomic E-state index is -0.113. The molecule has 1 aliphatic rings. The van der Waals surface area contributed by atoms with Crippen LogP contribution in [0.25, 0.3) is 0 Å². The molecule has 0 aliphatic heterocycles. The van der Waals surface area contributed by atoms with Crippen molar-refractivity contribution in [1.29, 1.82) is 0 Å². The molecule has 1 N–H and O–H groups in total. The Morgan fingerprint density at radius 1 is 1.35 bits per heavy atom. The Morgan fingerprint density at radius 3 is 2.88 bits per heavy atom. The molecule has 1 heterocycles. The molecule has 3 nitrogen and oxygen atoms in total. The van der Waals surface area contributed by atoms with Crippen LogP contribution >= 0.6 is 0 Å². The van der Waals surface area contributed by atoms with E-state index in [2.05, 4.69) is 22.8 Å². The van der Waals surface area contributed by atoms with Crippen molar-refractivity contribution in [1.82, 2.24) is 9.78 Å². The Balaban J connectivity index is 2.07. The summed E-state index contributed by atoms with van der Waals surface area (Å²) < 4.78 is 2.08. The number of hydrogen-bond donors (Lipinski definition) is 1. The molecule has 0 spiro atoms. The van der Waals surface area contributed by atoms with Crippen molar-refractivity contribution in [3.05, 3.63) is 17.5 Å². The molecule has 1 aromatic rings. The van der Waals surface area contributed by atoms with Gasteiger partial charge in [-0.15, -0.1) is 0 Å². The van der Waals surface area contributed by atoms with Crippen molar-refractivity contribution in [3.63, 3.8) is 0 Å². The molecular weight excluding hydrogens is 212 g/mol. The van der Waals surface area contributed by atoms with Gasteiger partial charge >= 0.3 is 0 Å². The summed E-state index contributed by atoms with van der Waals surface area (Å²) in [5, 5.41) is 14.6. The zero-order valence-corrected chi connectivity index (χ0v) is 11.0. The molecule has 1 fully saturated rings. The van der Waals surface area contributed by atoms with Gasteiger partial charge in [-0.3, -0.25) is 4.68 Å². The fourth-order valence-electron chi connectivity index (χ4n) is 2.91. The summed E-state index contributed by atoms with van der Waals surface area (Å²) in [7, 11) is 0. The number of aromatic nitrogens is 2. The highest BCUT2D eigenvalue weighted by molar-refractivity contribution is 5.10. The van der Waals surface area contributed by atoms with Crippen molar-refractivity contribution >= 4 is 0 Å². The first-order valence-electron chi connectivity index (χ1n) is 6.92. The molecule has 0 saturated heterocycles. The van der Waals surface area contributed by atoms with Crippen molar-refractivity contribution in [3.8, 4) is 0 Å². The normalized spacial score (nSPS) is 25.8. The SMILES string of the molecule is CCn1nc(C)cc1CC1CCCCCC1O. The number of rotatable bonds is 3. The van der Waals surface area contributed by atoms with Gasteiger partial charge in [0.1, 0.15) is 0 Å². The number of aryl methyl sites for hydroxylation is 2. The van der Waals surface area contributed by atoms with Crippen LogP contribution in [-0.4, -0.2) is 21.0 Å². The molecule has 17 heavy (non-hydrogen) atoms. The van der Waals surface area contributed by atoms with Gasteiger partial charge in [-0.2, -0.15) is 5.10 Å². The third-order valence-electron chi connectivity index (χ3n) is 3.88. The van der Waals surface area contributed by atoms with Crippen LogP contribution < -0.4 is 0 Å². The van der Waals surface area contributed by atoms with Crippen LogP contribution in [-0.2, 0) is 13.0 Å². The highest BCUT2D eigenvalue weighted by Gasteiger charge is 2.23. The van der Waals surface area contributed by atoms with Crippen LogP contribution in [0.3, 0.4) is 0 Å². The van der Waals surface area contributed by atoms with Crippen LogP contribution in [0.15, 0.2) is 6.07 Å². The lowest BCUT2D eigenvalue weighted by Crippen LogP contribution is -2.22. The molecule has 0 amide bonds. The summed E-state index contributed by atoms with van der Waals surface area (Å²) >= 11 is 0. The topological polar surface area (TPSA) is 38.0 Å². The number of aliphatic hydroxyl groups excluding tert-OH is 1. The van der Waals surface area contributed by atoms with Gasteiger partial charge in [0.05, 0.1) is 11.8 Å². The molecule has 1 saturated carbocycles. The van der Waals surface area contributed by atoms with E-state index in [9.17, 15) is 5.11 Å². The molecule has 1 aliphatic carbocycles. The molecule has 2 atom stereocenters. The predicted octanol–water partition coefficient (Wildman–Crippen LogP) is 2.70. The average Bonchev–Trinajstić information content (AvgIpc) is 2.54. The van der Waals surface area contributed by atoms with Crippen LogP contribution in [0.5, 0.6) is 0 Å². The third kappa shape index (κ3) is 3.09. The van der Waals surface area contributed by atoms with Gasteiger partial charge in [-0.25, -0.2) is 0 Å². The maximum atomic E-state index is 10.2. The Morgan fingerprint density at radius 2 is 2.12 bits per heavy atom. The van der Waals surface area contributed by atoms with Gasteiger partial charge < -0.3 is 5.11 Å². The van der Waals surface area contributed by atoms with Crippen LogP contribution in [0.4, 0.5) is 0 Å². The van der Waals surface area contributed by atoms with Gasteiger partial charge in [0.2, 0.25) is 0 Å². The Bertz CT molecular complexity index is 359. The van der Waals surface area contributed by atoms with E-state index < -0.39 is 0 Å². The Hall–Kier alpha value is -0.830. The van der Waals surface area contributed by atoms with E-state index in [4.69, 9.17) is 0 Å². The van der Waals surface area contributed by atoms with Gasteiger partial charge in [-0.05, 0) is 45.1 Å². The predicted molar refractivity (Wildman–Crippen MR) is 68.9 cm³/mol. The molecule has 0 aromatic carbocycles. The molecule has 0 bridgehead atoms. The first-order chi connectivity index (χ1) is 8.20. The maximum absolute atomic E-state index is 10.2. The van der Waals surface area contributed by atoms with E-state index >= 15 is 0 Å². The third-order valence-corrected chi connectivity index (χ3v) is 3.88. The average molecular weight is 236 g/mol. The zero-order chi connectivity index (χ0) is 12.3. The van der Waals surface area contributed by atoms with Crippen LogP contribution in [0.2, 0.25) is 0 Å². The van der Waals surface area contributed by atoms with E-state index in [0.29, 0.717) is 5.92 Å². The Labute approximate surface area is 104 Å². The molecule has 1 aromatic heterocycles. The van der Waals surface area contributed by atoms with Crippen molar-refractivity contribution in [2.45, 2.75) is 65.0 Å². The maximum Gasteiger partial charge on any atom is 0.0596 e. The summed E-state index contributed by atoms with van der Waals surface area (Å²) in [4.78, 5) is 0. The largest absolute Gasteiger partial charge is 0.393 e. The highest BCUT2D eigenvalue weighted by Crippen LogP contribution is 2.26. The van der Waals surface area contributed by atoms with Gasteiger partial charge in [-0.1, -0.05) is 19.3 Å². The lowest BCUT2D eigenvalue weighted by molar-refractivity contribution is 0.0995. The van der Waals surface area contributed by atoms with Gasteiger partial charge in [0.15, 0.2) is 0 Å². The van der Waals surface area contributed by atoms with E-state index in [1.165, 1.54) is 25.0 Å². The first kappa shape index (κ1) is 12.6. The molecule has 0 radical (unpaired) electrons. The Kier molecular flexibility index (Phi) is 4.21. The number of nitrogens with zero attached hydrogens (tertiary/aromatic N) is 2. The number of aliphatic hydroxyl groups is 1. The lowest BCUT2D eigenvalue weighted by Gasteiger charge is -2.20. The molecule has 2 rings (SSSR count). The molecule has 96 valence electrons. The lowest BCUT2D eigenvalue weighted by atomic mass is 9.92. The quantitative estimate of drug-likeness (QED) is 0.819. The summed E-state index contributed by atoms with van der Waals surface area (Å²) in [5.41, 5.74) is 2.38. The smallest absolute Gasteiger partial charge is 0.0596 e. The second-order valence-corrected chi connectivity index (χ2v) is 5.26. The summed E-state index contributed by atoms with van der Waals surface area (Å²) in [6, 6.07) is 2.17. The molecule has 3 heteroatoms. The summed E-state index contributed by atoms with van der Waals surface area (Å²) in [6.07, 6.45) is 6.73. The molecular formula is C14H24N2O. The van der Waals surface area contributed by atoms with Crippen molar-refractivity contribution < 1.29 is 5.11 Å². The van der Waals surface area contributed by atoms with E-state index in [0.717, 1.165) is 31.5 Å². The van der Waals surface area contributed by atoms with E-state index in [1.54, 1.807) is 0 Å². The minimum Gasteiger partial charge on any atom is -0.393 e.